The van der Waals surface area contributed by atoms with E-state index in [9.17, 15) is 9.59 Å². The fraction of sp³-hybridized carbons (Fsp3) is 0.529. The van der Waals surface area contributed by atoms with Crippen LogP contribution in [0.15, 0.2) is 24.3 Å². The quantitative estimate of drug-likeness (QED) is 0.858. The van der Waals surface area contributed by atoms with Gasteiger partial charge < -0.3 is 14.5 Å². The number of hydrogen-bond donors (Lipinski definition) is 0. The number of likely N-dealkylation sites (tertiary alicyclic amines) is 1. The molecule has 22 heavy (non-hydrogen) atoms. The van der Waals surface area contributed by atoms with Crippen LogP contribution in [0.4, 0.5) is 4.79 Å². The van der Waals surface area contributed by atoms with Crippen molar-refractivity contribution in [1.29, 1.82) is 0 Å². The molecule has 0 N–H and O–H groups in total. The molecule has 0 aliphatic carbocycles. The molecule has 2 fully saturated rings. The number of hydrogen-bond acceptors (Lipinski definition) is 3. The summed E-state index contributed by atoms with van der Waals surface area (Å²) < 4.78 is 4.99. The average Bonchev–Trinajstić information content (AvgIpc) is 2.96. The van der Waals surface area contributed by atoms with Crippen LogP contribution in [0.1, 0.15) is 24.0 Å². The first-order valence-corrected chi connectivity index (χ1v) is 7.91. The van der Waals surface area contributed by atoms with Crippen molar-refractivity contribution < 1.29 is 14.3 Å². The van der Waals surface area contributed by atoms with Crippen LogP contribution in [0.3, 0.4) is 0 Å². The van der Waals surface area contributed by atoms with Crippen molar-refractivity contribution in [3.63, 3.8) is 0 Å². The maximum Gasteiger partial charge on any atom is 0.410 e. The highest BCUT2D eigenvalue weighted by molar-refractivity contribution is 5.79. The zero-order valence-electron chi connectivity index (χ0n) is 13.0. The van der Waals surface area contributed by atoms with Gasteiger partial charge in [0.25, 0.3) is 0 Å². The fourth-order valence-electron chi connectivity index (χ4n) is 3.25. The Balaban J connectivity index is 1.54. The van der Waals surface area contributed by atoms with Gasteiger partial charge in [-0.25, -0.2) is 4.79 Å². The van der Waals surface area contributed by atoms with Crippen LogP contribution in [0.2, 0.25) is 0 Å². The zero-order chi connectivity index (χ0) is 15.5. The Morgan fingerprint density at radius 3 is 2.59 bits per heavy atom. The third-order valence-electron chi connectivity index (χ3n) is 4.65. The molecular weight excluding hydrogens is 280 g/mol. The monoisotopic (exact) mass is 302 g/mol. The minimum atomic E-state index is -0.204. The normalized spacial score (nSPS) is 19.4. The van der Waals surface area contributed by atoms with E-state index in [2.05, 4.69) is 0 Å². The third kappa shape index (κ3) is 3.08. The number of carbonyl (C=O) groups is 2. The Kier molecular flexibility index (Phi) is 4.32. The van der Waals surface area contributed by atoms with E-state index in [1.165, 1.54) is 0 Å². The molecule has 0 aromatic heterocycles. The van der Waals surface area contributed by atoms with Gasteiger partial charge in [0, 0.05) is 19.1 Å². The number of rotatable bonds is 3. The molecule has 0 bridgehead atoms. The van der Waals surface area contributed by atoms with Crippen molar-refractivity contribution in [2.24, 2.45) is 0 Å². The molecule has 1 aromatic carbocycles. The lowest BCUT2D eigenvalue weighted by molar-refractivity contribution is -0.131. The zero-order valence-corrected chi connectivity index (χ0v) is 13.0. The summed E-state index contributed by atoms with van der Waals surface area (Å²) in [5.41, 5.74) is 2.25. The molecule has 5 nitrogen and oxygen atoms in total. The van der Waals surface area contributed by atoms with Crippen LogP contribution in [0.25, 0.3) is 0 Å². The Labute approximate surface area is 130 Å². The van der Waals surface area contributed by atoms with Crippen LogP contribution < -0.4 is 0 Å². The van der Waals surface area contributed by atoms with Crippen LogP contribution in [0, 0.1) is 6.92 Å². The van der Waals surface area contributed by atoms with E-state index in [1.807, 2.05) is 41.0 Å². The summed E-state index contributed by atoms with van der Waals surface area (Å²) in [6.45, 7) is 4.65. The molecule has 2 aliphatic heterocycles. The predicted octanol–water partition coefficient (Wildman–Crippen LogP) is 1.98. The van der Waals surface area contributed by atoms with Gasteiger partial charge in [-0.05, 0) is 30.9 Å². The molecule has 0 saturated carbocycles. The molecule has 0 unspecified atom stereocenters. The number of piperidine rings is 1. The van der Waals surface area contributed by atoms with Crippen molar-refractivity contribution in [2.75, 3.05) is 26.2 Å². The lowest BCUT2D eigenvalue weighted by Gasteiger charge is -2.35. The standard InChI is InChI=1S/C17H22N2O3/c1-13-4-2-3-5-14(13)12-16(20)18-8-6-15(7-9-18)19-10-11-22-17(19)21/h2-5,15H,6-12H2,1H3. The van der Waals surface area contributed by atoms with Crippen LogP contribution in [-0.4, -0.2) is 54.1 Å². The molecule has 2 heterocycles. The summed E-state index contributed by atoms with van der Waals surface area (Å²) in [6.07, 6.45) is 1.94. The fourth-order valence-corrected chi connectivity index (χ4v) is 3.25. The third-order valence-corrected chi connectivity index (χ3v) is 4.65. The summed E-state index contributed by atoms with van der Waals surface area (Å²) >= 11 is 0. The summed E-state index contributed by atoms with van der Waals surface area (Å²) in [6, 6.07) is 8.23. The van der Waals surface area contributed by atoms with E-state index in [0.717, 1.165) is 37.1 Å². The summed E-state index contributed by atoms with van der Waals surface area (Å²) in [4.78, 5) is 27.8. The lowest BCUT2D eigenvalue weighted by Crippen LogP contribution is -2.47. The highest BCUT2D eigenvalue weighted by atomic mass is 16.6. The number of aryl methyl sites for hydroxylation is 1. The van der Waals surface area contributed by atoms with Crippen LogP contribution in [-0.2, 0) is 16.0 Å². The van der Waals surface area contributed by atoms with E-state index < -0.39 is 0 Å². The molecule has 0 atom stereocenters. The first-order chi connectivity index (χ1) is 10.6. The smallest absolute Gasteiger partial charge is 0.410 e. The number of benzene rings is 1. The lowest BCUT2D eigenvalue weighted by atomic mass is 10.0. The van der Waals surface area contributed by atoms with Crippen molar-refractivity contribution in [1.82, 2.24) is 9.80 Å². The Morgan fingerprint density at radius 2 is 1.95 bits per heavy atom. The van der Waals surface area contributed by atoms with Gasteiger partial charge in [-0.3, -0.25) is 4.79 Å². The van der Waals surface area contributed by atoms with Crippen molar-refractivity contribution in [3.8, 4) is 0 Å². The topological polar surface area (TPSA) is 49.9 Å². The van der Waals surface area contributed by atoms with Gasteiger partial charge in [-0.15, -0.1) is 0 Å². The van der Waals surface area contributed by atoms with Crippen molar-refractivity contribution in [3.05, 3.63) is 35.4 Å². The second-order valence-corrected chi connectivity index (χ2v) is 6.02. The van der Waals surface area contributed by atoms with E-state index in [0.29, 0.717) is 19.6 Å². The highest BCUT2D eigenvalue weighted by Gasteiger charge is 2.33. The second-order valence-electron chi connectivity index (χ2n) is 6.02. The largest absolute Gasteiger partial charge is 0.448 e. The SMILES string of the molecule is Cc1ccccc1CC(=O)N1CCC(N2CCOC2=O)CC1. The molecular formula is C17H22N2O3. The van der Waals surface area contributed by atoms with Gasteiger partial charge in [0.1, 0.15) is 6.61 Å². The van der Waals surface area contributed by atoms with Gasteiger partial charge in [0.15, 0.2) is 0 Å². The Morgan fingerprint density at radius 1 is 1.23 bits per heavy atom. The molecule has 2 saturated heterocycles. The summed E-state index contributed by atoms with van der Waals surface area (Å²) in [5, 5.41) is 0. The van der Waals surface area contributed by atoms with Gasteiger partial charge in [0.05, 0.1) is 13.0 Å². The first-order valence-electron chi connectivity index (χ1n) is 7.91. The van der Waals surface area contributed by atoms with Crippen molar-refractivity contribution in [2.45, 2.75) is 32.2 Å². The van der Waals surface area contributed by atoms with E-state index in [4.69, 9.17) is 4.74 Å². The predicted molar refractivity (Wildman–Crippen MR) is 82.5 cm³/mol. The number of nitrogens with zero attached hydrogens (tertiary/aromatic N) is 2. The average molecular weight is 302 g/mol. The molecule has 2 aliphatic rings. The summed E-state index contributed by atoms with van der Waals surface area (Å²) in [7, 11) is 0. The van der Waals surface area contributed by atoms with Gasteiger partial charge >= 0.3 is 6.09 Å². The first kappa shape index (κ1) is 14.9. The van der Waals surface area contributed by atoms with Gasteiger partial charge in [0.2, 0.25) is 5.91 Å². The second kappa shape index (κ2) is 6.38. The van der Waals surface area contributed by atoms with Crippen molar-refractivity contribution >= 4 is 12.0 Å². The number of amides is 2. The minimum absolute atomic E-state index is 0.178. The molecule has 0 spiro atoms. The molecule has 5 heteroatoms. The molecule has 0 radical (unpaired) electrons. The van der Waals surface area contributed by atoms with Gasteiger partial charge in [-0.1, -0.05) is 24.3 Å². The maximum atomic E-state index is 12.4. The van der Waals surface area contributed by atoms with Crippen LogP contribution in [0.5, 0.6) is 0 Å². The Hall–Kier alpha value is -2.04. The van der Waals surface area contributed by atoms with Crippen LogP contribution >= 0.6 is 0 Å². The molecule has 2 amide bonds. The minimum Gasteiger partial charge on any atom is -0.448 e. The van der Waals surface area contributed by atoms with E-state index >= 15 is 0 Å². The number of cyclic esters (lactones) is 1. The molecule has 3 rings (SSSR count). The van der Waals surface area contributed by atoms with E-state index in [1.54, 1.807) is 0 Å². The molecule has 118 valence electrons. The van der Waals surface area contributed by atoms with Gasteiger partial charge in [-0.2, -0.15) is 0 Å². The number of ether oxygens (including phenoxy) is 1. The number of carbonyl (C=O) groups excluding carboxylic acids is 2. The Bertz CT molecular complexity index is 565. The summed E-state index contributed by atoms with van der Waals surface area (Å²) in [5.74, 6) is 0.178. The maximum absolute atomic E-state index is 12.4. The molecule has 1 aromatic rings. The highest BCUT2D eigenvalue weighted by Crippen LogP contribution is 2.21. The van der Waals surface area contributed by atoms with E-state index in [-0.39, 0.29) is 18.0 Å².